The zero-order chi connectivity index (χ0) is 12.3. The van der Waals surface area contributed by atoms with E-state index >= 15 is 0 Å². The summed E-state index contributed by atoms with van der Waals surface area (Å²) < 4.78 is 16.3. The van der Waals surface area contributed by atoms with Gasteiger partial charge in [-0.25, -0.2) is 0 Å². The Hall–Kier alpha value is -1.90. The number of ether oxygens (including phenoxy) is 3. The number of fused-ring (bicyclic) bond motifs is 1. The second kappa shape index (κ2) is 4.95. The van der Waals surface area contributed by atoms with Crippen LogP contribution >= 0.6 is 0 Å². The first-order valence-electron chi connectivity index (χ1n) is 5.51. The Labute approximate surface area is 101 Å². The molecule has 0 bridgehead atoms. The normalized spacial score (nSPS) is 13.8. The van der Waals surface area contributed by atoms with Gasteiger partial charge in [0.05, 0.1) is 7.11 Å². The van der Waals surface area contributed by atoms with Gasteiger partial charge in [0.1, 0.15) is 19.0 Å². The molecule has 0 N–H and O–H groups in total. The zero-order valence-corrected chi connectivity index (χ0v) is 10.2. The molecule has 3 nitrogen and oxygen atoms in total. The second-order valence-electron chi connectivity index (χ2n) is 3.82. The molecular formula is C14H16O3. The summed E-state index contributed by atoms with van der Waals surface area (Å²) in [5, 5.41) is 0. The van der Waals surface area contributed by atoms with E-state index in [9.17, 15) is 0 Å². The summed E-state index contributed by atoms with van der Waals surface area (Å²) in [7, 11) is 1.66. The predicted octanol–water partition coefficient (Wildman–Crippen LogP) is 3.12. The molecule has 1 aliphatic rings. The molecule has 0 atom stereocenters. The van der Waals surface area contributed by atoms with Crippen molar-refractivity contribution in [2.75, 3.05) is 13.7 Å². The SMILES string of the molecule is C=CCOC1=C(C)c2cc(OC)ccc2CO1. The third-order valence-electron chi connectivity index (χ3n) is 2.72. The molecule has 1 aliphatic heterocycles. The van der Waals surface area contributed by atoms with Crippen LogP contribution in [0.5, 0.6) is 5.75 Å². The Morgan fingerprint density at radius 3 is 3.00 bits per heavy atom. The van der Waals surface area contributed by atoms with Crippen molar-refractivity contribution >= 4 is 5.57 Å². The number of rotatable bonds is 4. The van der Waals surface area contributed by atoms with Gasteiger partial charge in [0.2, 0.25) is 0 Å². The Balaban J connectivity index is 2.35. The lowest BCUT2D eigenvalue weighted by Crippen LogP contribution is -2.09. The lowest BCUT2D eigenvalue weighted by atomic mass is 10.00. The first kappa shape index (κ1) is 11.6. The molecular weight excluding hydrogens is 216 g/mol. The van der Waals surface area contributed by atoms with E-state index in [0.717, 1.165) is 22.4 Å². The van der Waals surface area contributed by atoms with Gasteiger partial charge in [0.15, 0.2) is 0 Å². The Kier molecular flexibility index (Phi) is 3.38. The fourth-order valence-electron chi connectivity index (χ4n) is 1.80. The third kappa shape index (κ3) is 2.28. The first-order valence-corrected chi connectivity index (χ1v) is 5.51. The standard InChI is InChI=1S/C14H16O3/c1-4-7-16-14-10(2)13-8-12(15-3)6-5-11(13)9-17-14/h4-6,8H,1,7,9H2,2-3H3. The number of methoxy groups -OCH3 is 1. The van der Waals surface area contributed by atoms with E-state index in [-0.39, 0.29) is 0 Å². The molecule has 0 aromatic heterocycles. The lowest BCUT2D eigenvalue weighted by molar-refractivity contribution is 0.0373. The minimum absolute atomic E-state index is 0.450. The third-order valence-corrected chi connectivity index (χ3v) is 2.72. The van der Waals surface area contributed by atoms with Crippen LogP contribution in [0.4, 0.5) is 0 Å². The van der Waals surface area contributed by atoms with Gasteiger partial charge < -0.3 is 14.2 Å². The Bertz CT molecular complexity index is 461. The van der Waals surface area contributed by atoms with Crippen molar-refractivity contribution in [2.45, 2.75) is 13.5 Å². The number of hydrogen-bond acceptors (Lipinski definition) is 3. The van der Waals surface area contributed by atoms with Gasteiger partial charge in [-0.2, -0.15) is 0 Å². The molecule has 90 valence electrons. The Morgan fingerprint density at radius 2 is 2.29 bits per heavy atom. The quantitative estimate of drug-likeness (QED) is 0.746. The zero-order valence-electron chi connectivity index (χ0n) is 10.2. The average Bonchev–Trinajstić information content (AvgIpc) is 2.38. The van der Waals surface area contributed by atoms with Gasteiger partial charge in [0.25, 0.3) is 5.95 Å². The number of hydrogen-bond donors (Lipinski definition) is 0. The fraction of sp³-hybridized carbons (Fsp3) is 0.286. The van der Waals surface area contributed by atoms with Gasteiger partial charge in [-0.05, 0) is 30.2 Å². The maximum absolute atomic E-state index is 5.56. The van der Waals surface area contributed by atoms with Crippen molar-refractivity contribution < 1.29 is 14.2 Å². The van der Waals surface area contributed by atoms with Crippen LogP contribution in [-0.2, 0) is 16.1 Å². The van der Waals surface area contributed by atoms with Crippen molar-refractivity contribution in [1.29, 1.82) is 0 Å². The fourth-order valence-corrected chi connectivity index (χ4v) is 1.80. The lowest BCUT2D eigenvalue weighted by Gasteiger charge is -2.22. The van der Waals surface area contributed by atoms with E-state index in [4.69, 9.17) is 14.2 Å². The molecule has 1 aromatic rings. The second-order valence-corrected chi connectivity index (χ2v) is 3.82. The van der Waals surface area contributed by atoms with Crippen LogP contribution in [0.15, 0.2) is 36.8 Å². The van der Waals surface area contributed by atoms with Crippen LogP contribution < -0.4 is 4.74 Å². The molecule has 0 unspecified atom stereocenters. The van der Waals surface area contributed by atoms with Crippen LogP contribution in [0.2, 0.25) is 0 Å². The minimum atomic E-state index is 0.450. The van der Waals surface area contributed by atoms with Crippen molar-refractivity contribution in [3.63, 3.8) is 0 Å². The van der Waals surface area contributed by atoms with Gasteiger partial charge in [-0.3, -0.25) is 0 Å². The van der Waals surface area contributed by atoms with Crippen LogP contribution in [0.25, 0.3) is 5.57 Å². The molecule has 0 spiro atoms. The molecule has 0 saturated carbocycles. The molecule has 0 aliphatic carbocycles. The molecule has 3 heteroatoms. The smallest absolute Gasteiger partial charge is 0.283 e. The van der Waals surface area contributed by atoms with Crippen LogP contribution in [-0.4, -0.2) is 13.7 Å². The summed E-state index contributed by atoms with van der Waals surface area (Å²) in [5.74, 6) is 1.42. The highest BCUT2D eigenvalue weighted by atomic mass is 16.7. The predicted molar refractivity (Wildman–Crippen MR) is 66.5 cm³/mol. The summed E-state index contributed by atoms with van der Waals surface area (Å²) in [6, 6.07) is 5.96. The summed E-state index contributed by atoms with van der Waals surface area (Å²) in [6.45, 7) is 6.58. The van der Waals surface area contributed by atoms with E-state index in [0.29, 0.717) is 19.2 Å². The molecule has 1 heterocycles. The van der Waals surface area contributed by atoms with E-state index in [2.05, 4.69) is 6.58 Å². The van der Waals surface area contributed by atoms with Gasteiger partial charge in [-0.15, -0.1) is 0 Å². The van der Waals surface area contributed by atoms with Crippen LogP contribution in [0.3, 0.4) is 0 Å². The minimum Gasteiger partial charge on any atom is -0.497 e. The van der Waals surface area contributed by atoms with Crippen molar-refractivity contribution in [1.82, 2.24) is 0 Å². The van der Waals surface area contributed by atoms with Crippen molar-refractivity contribution in [3.8, 4) is 5.75 Å². The molecule has 2 rings (SSSR count). The van der Waals surface area contributed by atoms with Crippen molar-refractivity contribution in [2.24, 2.45) is 0 Å². The highest BCUT2D eigenvalue weighted by molar-refractivity contribution is 5.69. The van der Waals surface area contributed by atoms with Crippen molar-refractivity contribution in [3.05, 3.63) is 47.9 Å². The highest BCUT2D eigenvalue weighted by Crippen LogP contribution is 2.32. The van der Waals surface area contributed by atoms with Crippen LogP contribution in [0, 0.1) is 0 Å². The maximum atomic E-state index is 5.56. The molecule has 1 aromatic carbocycles. The average molecular weight is 232 g/mol. The van der Waals surface area contributed by atoms with E-state index in [1.54, 1.807) is 13.2 Å². The van der Waals surface area contributed by atoms with E-state index in [1.807, 2.05) is 25.1 Å². The van der Waals surface area contributed by atoms with Crippen LogP contribution in [0.1, 0.15) is 18.1 Å². The van der Waals surface area contributed by atoms with Gasteiger partial charge in [-0.1, -0.05) is 18.7 Å². The summed E-state index contributed by atoms with van der Waals surface area (Å²) in [4.78, 5) is 0. The van der Waals surface area contributed by atoms with Gasteiger partial charge in [0, 0.05) is 5.57 Å². The monoisotopic (exact) mass is 232 g/mol. The molecule has 17 heavy (non-hydrogen) atoms. The first-order chi connectivity index (χ1) is 8.26. The summed E-state index contributed by atoms with van der Waals surface area (Å²) in [5.41, 5.74) is 3.26. The summed E-state index contributed by atoms with van der Waals surface area (Å²) >= 11 is 0. The molecule has 0 saturated heterocycles. The topological polar surface area (TPSA) is 27.7 Å². The van der Waals surface area contributed by atoms with E-state index < -0.39 is 0 Å². The van der Waals surface area contributed by atoms with E-state index in [1.165, 1.54) is 0 Å². The molecule has 0 amide bonds. The molecule has 0 radical (unpaired) electrons. The summed E-state index contributed by atoms with van der Waals surface area (Å²) in [6.07, 6.45) is 1.70. The van der Waals surface area contributed by atoms with Gasteiger partial charge >= 0.3 is 0 Å². The number of allylic oxidation sites excluding steroid dienone is 1. The highest BCUT2D eigenvalue weighted by Gasteiger charge is 2.18. The number of benzene rings is 1. The largest absolute Gasteiger partial charge is 0.497 e. The Morgan fingerprint density at radius 1 is 1.47 bits per heavy atom. The maximum Gasteiger partial charge on any atom is 0.283 e. The molecule has 0 fully saturated rings.